The molecule has 0 spiro atoms. The standard InChI is InChI=1S/C17H26N2O/c1-3-17(2)11-6-12-19(13-17)16(20)10-9-14-7-4-5-8-15(14)18/h4-5,7-8H,3,6,9-13,18H2,1-2H3. The van der Waals surface area contributed by atoms with Crippen molar-refractivity contribution in [3.63, 3.8) is 0 Å². The summed E-state index contributed by atoms with van der Waals surface area (Å²) in [5, 5.41) is 0. The maximum absolute atomic E-state index is 12.4. The van der Waals surface area contributed by atoms with E-state index in [9.17, 15) is 4.79 Å². The molecule has 2 N–H and O–H groups in total. The predicted molar refractivity (Wildman–Crippen MR) is 83.4 cm³/mol. The summed E-state index contributed by atoms with van der Waals surface area (Å²) in [6.45, 7) is 6.34. The summed E-state index contributed by atoms with van der Waals surface area (Å²) in [5.74, 6) is 0.271. The number of nitrogens with two attached hydrogens (primary N) is 1. The third kappa shape index (κ3) is 3.53. The van der Waals surface area contributed by atoms with Crippen LogP contribution >= 0.6 is 0 Å². The molecule has 110 valence electrons. The number of amides is 1. The second kappa shape index (κ2) is 6.29. The zero-order valence-corrected chi connectivity index (χ0v) is 12.7. The van der Waals surface area contributed by atoms with Crippen molar-refractivity contribution < 1.29 is 4.79 Å². The number of nitrogen functional groups attached to an aromatic ring is 1. The van der Waals surface area contributed by atoms with Gasteiger partial charge in [0.1, 0.15) is 0 Å². The van der Waals surface area contributed by atoms with Gasteiger partial charge in [-0.15, -0.1) is 0 Å². The van der Waals surface area contributed by atoms with Gasteiger partial charge in [-0.25, -0.2) is 0 Å². The molecule has 0 aromatic heterocycles. The molecule has 0 bridgehead atoms. The number of benzene rings is 1. The van der Waals surface area contributed by atoms with Crippen LogP contribution in [0.4, 0.5) is 5.69 Å². The van der Waals surface area contributed by atoms with E-state index in [1.807, 2.05) is 29.2 Å². The maximum Gasteiger partial charge on any atom is 0.222 e. The first-order valence-corrected chi connectivity index (χ1v) is 7.65. The average molecular weight is 274 g/mol. The summed E-state index contributed by atoms with van der Waals surface area (Å²) in [4.78, 5) is 14.4. The summed E-state index contributed by atoms with van der Waals surface area (Å²) >= 11 is 0. The van der Waals surface area contributed by atoms with Crippen LogP contribution in [0.15, 0.2) is 24.3 Å². The Balaban J connectivity index is 1.90. The van der Waals surface area contributed by atoms with Crippen molar-refractivity contribution >= 4 is 11.6 Å². The molecule has 1 aromatic carbocycles. The highest BCUT2D eigenvalue weighted by atomic mass is 16.2. The van der Waals surface area contributed by atoms with Crippen molar-refractivity contribution in [3.05, 3.63) is 29.8 Å². The third-order valence-corrected chi connectivity index (χ3v) is 4.65. The van der Waals surface area contributed by atoms with Gasteiger partial charge < -0.3 is 10.6 Å². The molecule has 1 fully saturated rings. The first kappa shape index (κ1) is 14.9. The van der Waals surface area contributed by atoms with Crippen molar-refractivity contribution in [2.24, 2.45) is 5.41 Å². The van der Waals surface area contributed by atoms with Crippen LogP contribution in [0.1, 0.15) is 45.1 Å². The Morgan fingerprint density at radius 3 is 2.85 bits per heavy atom. The minimum absolute atomic E-state index is 0.271. The topological polar surface area (TPSA) is 46.3 Å². The number of piperidine rings is 1. The molecule has 1 unspecified atom stereocenters. The second-order valence-electron chi connectivity index (χ2n) is 6.28. The monoisotopic (exact) mass is 274 g/mol. The Kier molecular flexibility index (Phi) is 4.69. The molecule has 1 aliphatic heterocycles. The molecular formula is C17H26N2O. The van der Waals surface area contributed by atoms with Gasteiger partial charge in [-0.05, 0) is 42.7 Å². The highest BCUT2D eigenvalue weighted by molar-refractivity contribution is 5.76. The van der Waals surface area contributed by atoms with E-state index in [0.29, 0.717) is 11.8 Å². The summed E-state index contributed by atoms with van der Waals surface area (Å²) in [6, 6.07) is 7.81. The van der Waals surface area contributed by atoms with Gasteiger partial charge in [0.05, 0.1) is 0 Å². The SMILES string of the molecule is CCC1(C)CCCN(C(=O)CCc2ccccc2N)C1. The number of carbonyl (C=O) groups excluding carboxylic acids is 1. The van der Waals surface area contributed by atoms with Crippen LogP contribution in [0.3, 0.4) is 0 Å². The smallest absolute Gasteiger partial charge is 0.222 e. The van der Waals surface area contributed by atoms with E-state index in [2.05, 4.69) is 13.8 Å². The van der Waals surface area contributed by atoms with Crippen LogP contribution in [0.25, 0.3) is 0 Å². The lowest BCUT2D eigenvalue weighted by Crippen LogP contribution is -2.44. The minimum Gasteiger partial charge on any atom is -0.399 e. The van der Waals surface area contributed by atoms with Gasteiger partial charge in [-0.2, -0.15) is 0 Å². The van der Waals surface area contributed by atoms with Crippen LogP contribution in [-0.2, 0) is 11.2 Å². The zero-order valence-electron chi connectivity index (χ0n) is 12.7. The summed E-state index contributed by atoms with van der Waals surface area (Å²) in [5.41, 5.74) is 8.10. The highest BCUT2D eigenvalue weighted by Crippen LogP contribution is 2.32. The molecule has 1 aliphatic rings. The van der Waals surface area contributed by atoms with E-state index >= 15 is 0 Å². The summed E-state index contributed by atoms with van der Waals surface area (Å²) in [7, 11) is 0. The fourth-order valence-electron chi connectivity index (χ4n) is 2.98. The van der Waals surface area contributed by atoms with E-state index in [1.165, 1.54) is 6.42 Å². The Labute approximate surface area is 122 Å². The van der Waals surface area contributed by atoms with E-state index in [1.54, 1.807) is 0 Å². The van der Waals surface area contributed by atoms with Gasteiger partial charge in [0, 0.05) is 25.2 Å². The molecule has 1 heterocycles. The number of anilines is 1. The van der Waals surface area contributed by atoms with Crippen LogP contribution in [0.5, 0.6) is 0 Å². The van der Waals surface area contributed by atoms with Gasteiger partial charge in [0.2, 0.25) is 5.91 Å². The Bertz CT molecular complexity index is 472. The van der Waals surface area contributed by atoms with Crippen LogP contribution in [0.2, 0.25) is 0 Å². The number of likely N-dealkylation sites (tertiary alicyclic amines) is 1. The molecule has 1 saturated heterocycles. The number of para-hydroxylation sites is 1. The third-order valence-electron chi connectivity index (χ3n) is 4.65. The van der Waals surface area contributed by atoms with E-state index in [4.69, 9.17) is 5.73 Å². The van der Waals surface area contributed by atoms with Crippen molar-refractivity contribution in [2.75, 3.05) is 18.8 Å². The second-order valence-corrected chi connectivity index (χ2v) is 6.28. The summed E-state index contributed by atoms with van der Waals surface area (Å²) in [6.07, 6.45) is 4.81. The van der Waals surface area contributed by atoms with Gasteiger partial charge in [0.25, 0.3) is 0 Å². The van der Waals surface area contributed by atoms with E-state index in [-0.39, 0.29) is 5.91 Å². The fraction of sp³-hybridized carbons (Fsp3) is 0.588. The van der Waals surface area contributed by atoms with Crippen LogP contribution < -0.4 is 5.73 Å². The molecule has 1 amide bonds. The normalized spacial score (nSPS) is 22.8. The van der Waals surface area contributed by atoms with Crippen LogP contribution in [-0.4, -0.2) is 23.9 Å². The number of hydrogen-bond donors (Lipinski definition) is 1. The first-order chi connectivity index (χ1) is 9.54. The largest absolute Gasteiger partial charge is 0.399 e. The lowest BCUT2D eigenvalue weighted by atomic mass is 9.79. The number of carbonyl (C=O) groups is 1. The Morgan fingerprint density at radius 1 is 1.40 bits per heavy atom. The zero-order chi connectivity index (χ0) is 14.6. The molecule has 0 aliphatic carbocycles. The van der Waals surface area contributed by atoms with Gasteiger partial charge in [-0.3, -0.25) is 4.79 Å². The molecule has 0 radical (unpaired) electrons. The lowest BCUT2D eigenvalue weighted by molar-refractivity contribution is -0.134. The predicted octanol–water partition coefficient (Wildman–Crippen LogP) is 3.24. The Morgan fingerprint density at radius 2 is 2.15 bits per heavy atom. The molecule has 3 nitrogen and oxygen atoms in total. The van der Waals surface area contributed by atoms with Gasteiger partial charge in [-0.1, -0.05) is 32.0 Å². The van der Waals surface area contributed by atoms with E-state index < -0.39 is 0 Å². The highest BCUT2D eigenvalue weighted by Gasteiger charge is 2.31. The van der Waals surface area contributed by atoms with Crippen molar-refractivity contribution in [2.45, 2.75) is 46.0 Å². The van der Waals surface area contributed by atoms with Crippen molar-refractivity contribution in [1.29, 1.82) is 0 Å². The number of aryl methyl sites for hydroxylation is 1. The van der Waals surface area contributed by atoms with E-state index in [0.717, 1.165) is 43.6 Å². The minimum atomic E-state index is 0.271. The number of hydrogen-bond acceptors (Lipinski definition) is 2. The van der Waals surface area contributed by atoms with Gasteiger partial charge in [0.15, 0.2) is 0 Å². The molecule has 2 rings (SSSR count). The van der Waals surface area contributed by atoms with Crippen LogP contribution in [0, 0.1) is 5.41 Å². The van der Waals surface area contributed by atoms with Crippen molar-refractivity contribution in [3.8, 4) is 0 Å². The summed E-state index contributed by atoms with van der Waals surface area (Å²) < 4.78 is 0. The Hall–Kier alpha value is -1.51. The molecule has 0 saturated carbocycles. The molecular weight excluding hydrogens is 248 g/mol. The fourth-order valence-corrected chi connectivity index (χ4v) is 2.98. The molecule has 1 atom stereocenters. The first-order valence-electron chi connectivity index (χ1n) is 7.65. The maximum atomic E-state index is 12.4. The van der Waals surface area contributed by atoms with Crippen molar-refractivity contribution in [1.82, 2.24) is 4.90 Å². The quantitative estimate of drug-likeness (QED) is 0.857. The number of rotatable bonds is 4. The lowest BCUT2D eigenvalue weighted by Gasteiger charge is -2.40. The number of nitrogens with zero attached hydrogens (tertiary/aromatic N) is 1. The molecule has 3 heteroatoms. The van der Waals surface area contributed by atoms with Gasteiger partial charge >= 0.3 is 0 Å². The average Bonchev–Trinajstić information content (AvgIpc) is 2.46. The molecule has 1 aromatic rings. The molecule has 20 heavy (non-hydrogen) atoms.